The van der Waals surface area contributed by atoms with Crippen LogP contribution < -0.4 is 0 Å². The molecular formula is C15H28O4. The summed E-state index contributed by atoms with van der Waals surface area (Å²) in [4.78, 5) is 22.8. The molecule has 4 heteroatoms. The largest absolute Gasteiger partial charge is 0.376 e. The number of ketones is 2. The minimum absolute atomic E-state index is 0.0293. The molecule has 0 aromatic heterocycles. The summed E-state index contributed by atoms with van der Waals surface area (Å²) in [6.07, 6.45) is 1.26. The van der Waals surface area contributed by atoms with Gasteiger partial charge in [0, 0.05) is 19.4 Å². The number of Topliss-reactive ketones (excluding diaryl/α,β-unsaturated/α-hetero) is 2. The van der Waals surface area contributed by atoms with Crippen molar-refractivity contribution in [2.24, 2.45) is 0 Å². The van der Waals surface area contributed by atoms with E-state index in [-0.39, 0.29) is 30.0 Å². The van der Waals surface area contributed by atoms with Crippen LogP contribution >= 0.6 is 0 Å². The third-order valence-corrected chi connectivity index (χ3v) is 3.08. The summed E-state index contributed by atoms with van der Waals surface area (Å²) in [5.41, 5.74) is -1.08. The highest BCUT2D eigenvalue weighted by molar-refractivity contribution is 5.90. The Bertz CT molecular complexity index is 305. The second kappa shape index (κ2) is 7.75. The predicted molar refractivity (Wildman–Crippen MR) is 75.3 cm³/mol. The third-order valence-electron chi connectivity index (χ3n) is 3.08. The minimum Gasteiger partial charge on any atom is -0.376 e. The van der Waals surface area contributed by atoms with E-state index in [4.69, 9.17) is 9.47 Å². The maximum atomic E-state index is 11.9. The van der Waals surface area contributed by atoms with Gasteiger partial charge in [-0.1, -0.05) is 0 Å². The number of ether oxygens (including phenoxy) is 2. The van der Waals surface area contributed by atoms with E-state index in [0.29, 0.717) is 13.2 Å². The molecule has 19 heavy (non-hydrogen) atoms. The van der Waals surface area contributed by atoms with Crippen molar-refractivity contribution in [3.05, 3.63) is 0 Å². The maximum absolute atomic E-state index is 11.9. The van der Waals surface area contributed by atoms with Crippen molar-refractivity contribution in [2.75, 3.05) is 13.2 Å². The first-order chi connectivity index (χ1) is 8.60. The predicted octanol–water partition coefficient (Wildman–Crippen LogP) is 2.93. The highest BCUT2D eigenvalue weighted by atomic mass is 16.5. The summed E-state index contributed by atoms with van der Waals surface area (Å²) in [7, 11) is 0. The Morgan fingerprint density at radius 2 is 1.58 bits per heavy atom. The van der Waals surface area contributed by atoms with E-state index in [1.807, 2.05) is 20.8 Å². The van der Waals surface area contributed by atoms with Gasteiger partial charge in [0.25, 0.3) is 0 Å². The zero-order valence-electron chi connectivity index (χ0n) is 13.2. The first-order valence-electron chi connectivity index (χ1n) is 6.91. The Kier molecular flexibility index (Phi) is 7.45. The van der Waals surface area contributed by atoms with Crippen LogP contribution in [0.4, 0.5) is 0 Å². The summed E-state index contributed by atoms with van der Waals surface area (Å²) < 4.78 is 11.2. The van der Waals surface area contributed by atoms with Crippen LogP contribution in [0.2, 0.25) is 0 Å². The number of rotatable bonds is 10. The van der Waals surface area contributed by atoms with Crippen molar-refractivity contribution in [1.29, 1.82) is 0 Å². The molecule has 0 heterocycles. The number of carbonyl (C=O) groups is 2. The van der Waals surface area contributed by atoms with Crippen molar-refractivity contribution >= 4 is 11.6 Å². The van der Waals surface area contributed by atoms with Gasteiger partial charge in [0.1, 0.15) is 11.4 Å². The fourth-order valence-electron chi connectivity index (χ4n) is 1.69. The van der Waals surface area contributed by atoms with Crippen LogP contribution in [-0.2, 0) is 19.1 Å². The molecule has 0 unspecified atom stereocenters. The molecule has 0 aliphatic rings. The minimum atomic E-state index is -0.836. The van der Waals surface area contributed by atoms with Crippen LogP contribution in [0, 0.1) is 0 Å². The summed E-state index contributed by atoms with van der Waals surface area (Å²) in [6, 6.07) is 0. The summed E-state index contributed by atoms with van der Waals surface area (Å²) in [5, 5.41) is 0. The van der Waals surface area contributed by atoms with E-state index in [1.165, 1.54) is 6.92 Å². The van der Waals surface area contributed by atoms with Crippen LogP contribution in [0.25, 0.3) is 0 Å². The van der Waals surface area contributed by atoms with Crippen molar-refractivity contribution in [3.8, 4) is 0 Å². The lowest BCUT2D eigenvalue weighted by Gasteiger charge is -2.28. The molecule has 0 aromatic rings. The quantitative estimate of drug-likeness (QED) is 0.613. The van der Waals surface area contributed by atoms with Gasteiger partial charge in [-0.15, -0.1) is 0 Å². The molecule has 0 aromatic carbocycles. The molecule has 0 bridgehead atoms. The topological polar surface area (TPSA) is 52.6 Å². The Hall–Kier alpha value is -0.740. The molecule has 0 aliphatic carbocycles. The zero-order chi connectivity index (χ0) is 15.1. The van der Waals surface area contributed by atoms with Crippen LogP contribution in [0.15, 0.2) is 0 Å². The van der Waals surface area contributed by atoms with Gasteiger partial charge in [-0.05, 0) is 48.0 Å². The molecule has 0 fully saturated rings. The standard InChI is InChI=1S/C15H28O4/c1-7-18-14(3,4)10-11-19-15(5,6)13(17)9-8-12(2)16/h7-11H2,1-6H3. The first-order valence-corrected chi connectivity index (χ1v) is 6.91. The molecular weight excluding hydrogens is 244 g/mol. The fraction of sp³-hybridized carbons (Fsp3) is 0.867. The maximum Gasteiger partial charge on any atom is 0.164 e. The molecule has 0 aliphatic heterocycles. The highest BCUT2D eigenvalue weighted by Gasteiger charge is 2.29. The van der Waals surface area contributed by atoms with Gasteiger partial charge in [0.05, 0.1) is 12.2 Å². The zero-order valence-corrected chi connectivity index (χ0v) is 13.2. The van der Waals surface area contributed by atoms with Crippen molar-refractivity contribution in [1.82, 2.24) is 0 Å². The summed E-state index contributed by atoms with van der Waals surface area (Å²) >= 11 is 0. The Balaban J connectivity index is 4.15. The Labute approximate surface area is 116 Å². The summed E-state index contributed by atoms with van der Waals surface area (Å²) in [5.74, 6) is -0.00135. The molecule has 0 amide bonds. The lowest BCUT2D eigenvalue weighted by Crippen LogP contribution is -2.37. The first kappa shape index (κ1) is 18.3. The van der Waals surface area contributed by atoms with Gasteiger partial charge in [-0.2, -0.15) is 0 Å². The van der Waals surface area contributed by atoms with Crippen molar-refractivity contribution < 1.29 is 19.1 Å². The normalized spacial score (nSPS) is 12.5. The molecule has 0 radical (unpaired) electrons. The van der Waals surface area contributed by atoms with Gasteiger partial charge in [0.15, 0.2) is 5.78 Å². The summed E-state index contributed by atoms with van der Waals surface area (Å²) in [6.45, 7) is 12.1. The van der Waals surface area contributed by atoms with Gasteiger partial charge in [0.2, 0.25) is 0 Å². The van der Waals surface area contributed by atoms with E-state index in [0.717, 1.165) is 6.42 Å². The van der Waals surface area contributed by atoms with E-state index >= 15 is 0 Å². The molecule has 0 rings (SSSR count). The SMILES string of the molecule is CCOC(C)(C)CCOC(C)(C)C(=O)CCC(C)=O. The average Bonchev–Trinajstić information content (AvgIpc) is 2.24. The third kappa shape index (κ3) is 8.11. The highest BCUT2D eigenvalue weighted by Crippen LogP contribution is 2.19. The molecule has 0 spiro atoms. The van der Waals surface area contributed by atoms with Gasteiger partial charge in [-0.3, -0.25) is 4.79 Å². The molecule has 0 N–H and O–H groups in total. The van der Waals surface area contributed by atoms with E-state index in [2.05, 4.69) is 0 Å². The van der Waals surface area contributed by atoms with Crippen LogP contribution in [-0.4, -0.2) is 36.0 Å². The molecule has 112 valence electrons. The Morgan fingerprint density at radius 3 is 2.05 bits per heavy atom. The molecule has 0 saturated heterocycles. The van der Waals surface area contributed by atoms with Crippen molar-refractivity contribution in [2.45, 2.75) is 72.0 Å². The van der Waals surface area contributed by atoms with E-state index < -0.39 is 5.60 Å². The molecule has 0 atom stereocenters. The fourth-order valence-corrected chi connectivity index (χ4v) is 1.69. The lowest BCUT2D eigenvalue weighted by atomic mass is 9.98. The van der Waals surface area contributed by atoms with Gasteiger partial charge >= 0.3 is 0 Å². The lowest BCUT2D eigenvalue weighted by molar-refractivity contribution is -0.143. The average molecular weight is 272 g/mol. The number of carbonyl (C=O) groups excluding carboxylic acids is 2. The van der Waals surface area contributed by atoms with Crippen LogP contribution in [0.1, 0.15) is 60.8 Å². The second-order valence-corrected chi connectivity index (χ2v) is 5.93. The molecule has 4 nitrogen and oxygen atoms in total. The Morgan fingerprint density at radius 1 is 1.00 bits per heavy atom. The van der Waals surface area contributed by atoms with Crippen LogP contribution in [0.5, 0.6) is 0 Å². The smallest absolute Gasteiger partial charge is 0.164 e. The molecule has 0 saturated carbocycles. The second-order valence-electron chi connectivity index (χ2n) is 5.93. The van der Waals surface area contributed by atoms with Crippen LogP contribution in [0.3, 0.4) is 0 Å². The van der Waals surface area contributed by atoms with Gasteiger partial charge < -0.3 is 14.3 Å². The monoisotopic (exact) mass is 272 g/mol. The van der Waals surface area contributed by atoms with Crippen molar-refractivity contribution in [3.63, 3.8) is 0 Å². The van der Waals surface area contributed by atoms with Gasteiger partial charge in [-0.25, -0.2) is 0 Å². The number of hydrogen-bond acceptors (Lipinski definition) is 4. The number of hydrogen-bond donors (Lipinski definition) is 0. The van der Waals surface area contributed by atoms with E-state index in [1.54, 1.807) is 13.8 Å². The van der Waals surface area contributed by atoms with E-state index in [9.17, 15) is 9.59 Å².